The molecule has 0 saturated carbocycles. The zero-order valence-electron chi connectivity index (χ0n) is 15.2. The van der Waals surface area contributed by atoms with Gasteiger partial charge in [0.15, 0.2) is 6.61 Å². The van der Waals surface area contributed by atoms with Crippen molar-refractivity contribution in [3.8, 4) is 17.1 Å². The average molecular weight is 363 g/mol. The Hall–Kier alpha value is -3.15. The fourth-order valence-electron chi connectivity index (χ4n) is 3.31. The van der Waals surface area contributed by atoms with Crippen molar-refractivity contribution in [1.82, 2.24) is 9.97 Å². The molecule has 0 radical (unpaired) electrons. The Morgan fingerprint density at radius 3 is 2.70 bits per heavy atom. The van der Waals surface area contributed by atoms with Gasteiger partial charge in [0.1, 0.15) is 11.3 Å². The minimum atomic E-state index is -0.421. The Labute approximate surface area is 157 Å². The minimum absolute atomic E-state index is 0.148. The molecule has 1 aliphatic heterocycles. The molecule has 1 aromatic carbocycles. The fraction of sp³-hybridized carbons (Fsp3) is 0.286. The summed E-state index contributed by atoms with van der Waals surface area (Å²) in [6.45, 7) is 1.91. The van der Waals surface area contributed by atoms with Crippen molar-refractivity contribution in [1.29, 1.82) is 0 Å². The summed E-state index contributed by atoms with van der Waals surface area (Å²) in [5.41, 5.74) is 3.36. The van der Waals surface area contributed by atoms with Crippen LogP contribution < -0.4 is 9.64 Å². The molecule has 1 saturated heterocycles. The quantitative estimate of drug-likeness (QED) is 0.647. The van der Waals surface area contributed by atoms with Crippen LogP contribution in [-0.4, -0.2) is 42.7 Å². The molecule has 3 aromatic rings. The molecule has 0 unspecified atom stereocenters. The second-order valence-electron chi connectivity index (χ2n) is 6.49. The number of carbonyl (C=O) groups excluding carboxylic acids is 1. The van der Waals surface area contributed by atoms with Gasteiger partial charge in [-0.05, 0) is 37.1 Å². The molecule has 0 spiro atoms. The lowest BCUT2D eigenvalue weighted by Gasteiger charge is -2.20. The molecule has 0 bridgehead atoms. The van der Waals surface area contributed by atoms with E-state index in [9.17, 15) is 4.79 Å². The summed E-state index contributed by atoms with van der Waals surface area (Å²) in [6.07, 6.45) is 4.12. The van der Waals surface area contributed by atoms with Gasteiger partial charge in [0.05, 0.1) is 18.5 Å². The van der Waals surface area contributed by atoms with E-state index in [1.54, 1.807) is 6.20 Å². The van der Waals surface area contributed by atoms with Gasteiger partial charge in [0.25, 0.3) is 0 Å². The van der Waals surface area contributed by atoms with Crippen LogP contribution in [0.2, 0.25) is 0 Å². The monoisotopic (exact) mass is 363 g/mol. The molecule has 0 atom stereocenters. The van der Waals surface area contributed by atoms with E-state index in [0.717, 1.165) is 35.6 Å². The number of rotatable bonds is 5. The van der Waals surface area contributed by atoms with Crippen LogP contribution in [0.15, 0.2) is 48.7 Å². The van der Waals surface area contributed by atoms with Crippen molar-refractivity contribution in [3.05, 3.63) is 48.7 Å². The largest absolute Gasteiger partial charge is 0.480 e. The number of hydrogen-bond donors (Lipinski definition) is 0. The zero-order valence-corrected chi connectivity index (χ0v) is 15.2. The SMILES string of the molecule is COC(=O)COc1cc(N2CCCC2)cc2ccc(-c3ccccn3)nc12. The Morgan fingerprint density at radius 1 is 1.11 bits per heavy atom. The summed E-state index contributed by atoms with van der Waals surface area (Å²) in [5.74, 6) is 0.160. The van der Waals surface area contributed by atoms with Gasteiger partial charge in [-0.1, -0.05) is 12.1 Å². The highest BCUT2D eigenvalue weighted by atomic mass is 16.6. The number of esters is 1. The third kappa shape index (κ3) is 3.69. The lowest BCUT2D eigenvalue weighted by molar-refractivity contribution is -0.142. The smallest absolute Gasteiger partial charge is 0.343 e. The predicted octanol–water partition coefficient (Wildman–Crippen LogP) is 3.45. The summed E-state index contributed by atoms with van der Waals surface area (Å²) in [5, 5.41) is 0.971. The third-order valence-corrected chi connectivity index (χ3v) is 4.71. The first kappa shape index (κ1) is 17.3. The number of aromatic nitrogens is 2. The van der Waals surface area contributed by atoms with E-state index in [-0.39, 0.29) is 6.61 Å². The standard InChI is InChI=1S/C21H21N3O3/c1-26-20(25)14-27-19-13-16(24-10-4-5-11-24)12-15-7-8-18(23-21(15)19)17-6-2-3-9-22-17/h2-3,6-9,12-13H,4-5,10-11,14H2,1H3. The topological polar surface area (TPSA) is 64.6 Å². The average Bonchev–Trinajstić information content (AvgIpc) is 3.26. The number of benzene rings is 1. The minimum Gasteiger partial charge on any atom is -0.480 e. The van der Waals surface area contributed by atoms with Crippen LogP contribution in [0.3, 0.4) is 0 Å². The number of carbonyl (C=O) groups is 1. The van der Waals surface area contributed by atoms with E-state index in [0.29, 0.717) is 11.3 Å². The molecule has 0 amide bonds. The van der Waals surface area contributed by atoms with Crippen LogP contribution in [0.5, 0.6) is 5.75 Å². The number of hydrogen-bond acceptors (Lipinski definition) is 6. The van der Waals surface area contributed by atoms with Crippen molar-refractivity contribution in [2.45, 2.75) is 12.8 Å². The number of anilines is 1. The van der Waals surface area contributed by atoms with Gasteiger partial charge in [-0.15, -0.1) is 0 Å². The highest BCUT2D eigenvalue weighted by Gasteiger charge is 2.17. The lowest BCUT2D eigenvalue weighted by atomic mass is 10.1. The van der Waals surface area contributed by atoms with Crippen molar-refractivity contribution in [3.63, 3.8) is 0 Å². The molecular formula is C21H21N3O3. The number of fused-ring (bicyclic) bond motifs is 1. The molecule has 0 aliphatic carbocycles. The Bertz CT molecular complexity index is 954. The maximum atomic E-state index is 11.6. The van der Waals surface area contributed by atoms with Gasteiger partial charge < -0.3 is 14.4 Å². The van der Waals surface area contributed by atoms with E-state index in [1.165, 1.54) is 20.0 Å². The summed E-state index contributed by atoms with van der Waals surface area (Å²) in [6, 6.07) is 13.8. The van der Waals surface area contributed by atoms with Crippen molar-refractivity contribution >= 4 is 22.6 Å². The highest BCUT2D eigenvalue weighted by Crippen LogP contribution is 2.33. The second kappa shape index (κ2) is 7.61. The molecule has 27 heavy (non-hydrogen) atoms. The molecule has 1 fully saturated rings. The second-order valence-corrected chi connectivity index (χ2v) is 6.49. The Morgan fingerprint density at radius 2 is 1.96 bits per heavy atom. The molecular weight excluding hydrogens is 342 g/mol. The molecule has 6 nitrogen and oxygen atoms in total. The molecule has 1 aliphatic rings. The van der Waals surface area contributed by atoms with E-state index in [1.807, 2.05) is 36.4 Å². The maximum absolute atomic E-state index is 11.6. The van der Waals surface area contributed by atoms with Crippen LogP contribution in [0.25, 0.3) is 22.3 Å². The van der Waals surface area contributed by atoms with Crippen LogP contribution in [0, 0.1) is 0 Å². The van der Waals surface area contributed by atoms with Crippen LogP contribution in [0.4, 0.5) is 5.69 Å². The Kier molecular flexibility index (Phi) is 4.87. The number of methoxy groups -OCH3 is 1. The highest BCUT2D eigenvalue weighted by molar-refractivity contribution is 5.90. The van der Waals surface area contributed by atoms with Gasteiger partial charge in [-0.2, -0.15) is 0 Å². The number of pyridine rings is 2. The fourth-order valence-corrected chi connectivity index (χ4v) is 3.31. The summed E-state index contributed by atoms with van der Waals surface area (Å²) in [7, 11) is 1.35. The van der Waals surface area contributed by atoms with Gasteiger partial charge in [-0.25, -0.2) is 9.78 Å². The zero-order chi connectivity index (χ0) is 18.6. The normalized spacial score (nSPS) is 13.7. The van der Waals surface area contributed by atoms with Gasteiger partial charge in [-0.3, -0.25) is 4.98 Å². The van der Waals surface area contributed by atoms with E-state index >= 15 is 0 Å². The van der Waals surface area contributed by atoms with Crippen LogP contribution >= 0.6 is 0 Å². The van der Waals surface area contributed by atoms with Crippen molar-refractivity contribution < 1.29 is 14.3 Å². The Balaban J connectivity index is 1.78. The van der Waals surface area contributed by atoms with Gasteiger partial charge in [0, 0.05) is 36.4 Å². The molecule has 2 aromatic heterocycles. The lowest BCUT2D eigenvalue weighted by Crippen LogP contribution is -2.18. The van der Waals surface area contributed by atoms with E-state index in [4.69, 9.17) is 14.5 Å². The predicted molar refractivity (Wildman–Crippen MR) is 104 cm³/mol. The molecule has 0 N–H and O–H groups in total. The van der Waals surface area contributed by atoms with Gasteiger partial charge >= 0.3 is 5.97 Å². The van der Waals surface area contributed by atoms with E-state index in [2.05, 4.69) is 16.0 Å². The van der Waals surface area contributed by atoms with Gasteiger partial charge in [0.2, 0.25) is 0 Å². The third-order valence-electron chi connectivity index (χ3n) is 4.71. The van der Waals surface area contributed by atoms with Crippen LogP contribution in [-0.2, 0) is 9.53 Å². The van der Waals surface area contributed by atoms with Crippen molar-refractivity contribution in [2.75, 3.05) is 31.7 Å². The first-order chi connectivity index (χ1) is 13.2. The summed E-state index contributed by atoms with van der Waals surface area (Å²) >= 11 is 0. The molecule has 4 rings (SSSR count). The summed E-state index contributed by atoms with van der Waals surface area (Å²) < 4.78 is 10.5. The van der Waals surface area contributed by atoms with E-state index < -0.39 is 5.97 Å². The molecule has 6 heteroatoms. The first-order valence-electron chi connectivity index (χ1n) is 9.05. The number of ether oxygens (including phenoxy) is 2. The number of nitrogens with zero attached hydrogens (tertiary/aromatic N) is 3. The first-order valence-corrected chi connectivity index (χ1v) is 9.05. The maximum Gasteiger partial charge on any atom is 0.343 e. The molecule has 3 heterocycles. The van der Waals surface area contributed by atoms with Crippen molar-refractivity contribution in [2.24, 2.45) is 0 Å². The summed E-state index contributed by atoms with van der Waals surface area (Å²) in [4.78, 5) is 23.0. The molecule has 138 valence electrons. The van der Waals surface area contributed by atoms with Crippen LogP contribution in [0.1, 0.15) is 12.8 Å².